The standard InChI is InChI=1S/C34H40O10/c1-15(2)10-11-18-27-21(26(36)24-28(18)42-17(4)32(24,5)6)25(35)19-14-20(41-9)22-23(29(19)43-27)33(7,8)44-34(22,31(39)40)13-12-16(3)30(37)38/h10,12,17,20,36H,11,13-14H2,1-9H3,(H,37,38)(H,39,40)/b16-12+/t17-,20+,34+/m0/s1. The topological polar surface area (TPSA) is 153 Å². The molecular formula is C34H40O10. The maximum Gasteiger partial charge on any atom is 0.340 e. The van der Waals surface area contributed by atoms with Gasteiger partial charge in [0, 0.05) is 58.8 Å². The van der Waals surface area contributed by atoms with Crippen molar-refractivity contribution in [2.75, 3.05) is 7.11 Å². The van der Waals surface area contributed by atoms with Crippen LogP contribution >= 0.6 is 0 Å². The van der Waals surface area contributed by atoms with Crippen LogP contribution in [0.3, 0.4) is 0 Å². The number of aromatic hydroxyl groups is 1. The molecule has 5 rings (SSSR count). The van der Waals surface area contributed by atoms with Crippen molar-refractivity contribution in [1.29, 1.82) is 0 Å². The zero-order valence-corrected chi connectivity index (χ0v) is 26.6. The predicted molar refractivity (Wildman–Crippen MR) is 163 cm³/mol. The molecule has 0 saturated carbocycles. The number of phenolic OH excluding ortho intramolecular Hbond substituents is 1. The van der Waals surface area contributed by atoms with Crippen molar-refractivity contribution in [3.05, 3.63) is 61.5 Å². The molecule has 3 heterocycles. The molecule has 0 radical (unpaired) electrons. The Bertz CT molecular complexity index is 1760. The van der Waals surface area contributed by atoms with Gasteiger partial charge in [-0.3, -0.25) is 4.79 Å². The second-order valence-corrected chi connectivity index (χ2v) is 13.3. The van der Waals surface area contributed by atoms with Crippen molar-refractivity contribution in [3.63, 3.8) is 0 Å². The monoisotopic (exact) mass is 608 g/mol. The molecule has 236 valence electrons. The van der Waals surface area contributed by atoms with Gasteiger partial charge in [-0.15, -0.1) is 0 Å². The number of ether oxygens (including phenoxy) is 3. The summed E-state index contributed by atoms with van der Waals surface area (Å²) in [5.41, 5.74) is -1.07. The van der Waals surface area contributed by atoms with Gasteiger partial charge in [0.25, 0.3) is 0 Å². The Morgan fingerprint density at radius 1 is 1.09 bits per heavy atom. The summed E-state index contributed by atoms with van der Waals surface area (Å²) in [7, 11) is 1.42. The number of hydrogen-bond donors (Lipinski definition) is 3. The minimum atomic E-state index is -1.98. The van der Waals surface area contributed by atoms with Crippen molar-refractivity contribution in [2.24, 2.45) is 0 Å². The highest BCUT2D eigenvalue weighted by Crippen LogP contribution is 2.56. The Morgan fingerprint density at radius 2 is 1.75 bits per heavy atom. The van der Waals surface area contributed by atoms with Crippen LogP contribution in [0.25, 0.3) is 16.5 Å². The third-order valence-corrected chi connectivity index (χ3v) is 9.46. The van der Waals surface area contributed by atoms with Crippen LogP contribution < -0.4 is 10.2 Å². The number of hydrogen-bond acceptors (Lipinski definition) is 8. The number of methoxy groups -OCH3 is 1. The molecule has 0 amide bonds. The van der Waals surface area contributed by atoms with Crippen LogP contribution in [0, 0.1) is 0 Å². The zero-order chi connectivity index (χ0) is 32.7. The third kappa shape index (κ3) is 4.41. The van der Waals surface area contributed by atoms with Crippen molar-refractivity contribution >= 4 is 28.5 Å². The Morgan fingerprint density at radius 3 is 2.32 bits per heavy atom. The molecule has 1 aromatic heterocycles. The molecule has 0 saturated heterocycles. The summed E-state index contributed by atoms with van der Waals surface area (Å²) in [5.74, 6) is -2.04. The predicted octanol–water partition coefficient (Wildman–Crippen LogP) is 5.44. The molecule has 1 aliphatic carbocycles. The molecule has 3 N–H and O–H groups in total. The summed E-state index contributed by atoms with van der Waals surface area (Å²) in [6, 6.07) is 0. The Hall–Kier alpha value is -3.89. The number of allylic oxidation sites excluding steroid dienone is 2. The largest absolute Gasteiger partial charge is 0.507 e. The van der Waals surface area contributed by atoms with Gasteiger partial charge in [-0.2, -0.15) is 0 Å². The minimum Gasteiger partial charge on any atom is -0.507 e. The van der Waals surface area contributed by atoms with Crippen LogP contribution in [-0.4, -0.2) is 57.8 Å². The van der Waals surface area contributed by atoms with E-state index in [1.54, 1.807) is 13.8 Å². The molecule has 10 nitrogen and oxygen atoms in total. The summed E-state index contributed by atoms with van der Waals surface area (Å²) >= 11 is 0. The van der Waals surface area contributed by atoms with E-state index in [9.17, 15) is 29.7 Å². The second kappa shape index (κ2) is 10.3. The summed E-state index contributed by atoms with van der Waals surface area (Å²) in [6.45, 7) is 14.5. The van der Waals surface area contributed by atoms with Crippen LogP contribution in [-0.2, 0) is 37.3 Å². The Kier molecular flexibility index (Phi) is 7.41. The molecule has 3 atom stereocenters. The lowest BCUT2D eigenvalue weighted by molar-refractivity contribution is -0.168. The van der Waals surface area contributed by atoms with E-state index >= 15 is 0 Å². The molecular weight excluding hydrogens is 568 g/mol. The lowest BCUT2D eigenvalue weighted by atomic mass is 9.75. The number of carboxylic acids is 2. The van der Waals surface area contributed by atoms with Gasteiger partial charge in [-0.05, 0) is 48.0 Å². The highest BCUT2D eigenvalue weighted by Gasteiger charge is 2.60. The van der Waals surface area contributed by atoms with E-state index in [2.05, 4.69) is 0 Å². The fraction of sp³-hybridized carbons (Fsp3) is 0.500. The zero-order valence-electron chi connectivity index (χ0n) is 26.6. The minimum absolute atomic E-state index is 0.0326. The molecule has 3 aliphatic rings. The number of carbonyl (C=O) groups is 2. The molecule has 0 bridgehead atoms. The fourth-order valence-corrected chi connectivity index (χ4v) is 6.78. The molecule has 0 unspecified atom stereocenters. The number of benzene rings is 1. The molecule has 1 aromatic carbocycles. The van der Waals surface area contributed by atoms with Crippen molar-refractivity contribution in [2.45, 2.75) is 103 Å². The summed E-state index contributed by atoms with van der Waals surface area (Å²) in [4.78, 5) is 39.0. The van der Waals surface area contributed by atoms with Gasteiger partial charge in [0.15, 0.2) is 11.0 Å². The van der Waals surface area contributed by atoms with E-state index in [-0.39, 0.29) is 58.1 Å². The first kappa shape index (κ1) is 31.5. The number of rotatable bonds is 7. The van der Waals surface area contributed by atoms with Gasteiger partial charge in [0.2, 0.25) is 0 Å². The lowest BCUT2D eigenvalue weighted by Crippen LogP contribution is -2.47. The van der Waals surface area contributed by atoms with Crippen LogP contribution in [0.15, 0.2) is 38.1 Å². The van der Waals surface area contributed by atoms with Crippen molar-refractivity contribution < 1.29 is 43.5 Å². The number of phenols is 1. The summed E-state index contributed by atoms with van der Waals surface area (Å²) in [6.07, 6.45) is 2.19. The number of fused-ring (bicyclic) bond motifs is 4. The summed E-state index contributed by atoms with van der Waals surface area (Å²) < 4.78 is 25.1. The first-order valence-corrected chi connectivity index (χ1v) is 14.7. The Balaban J connectivity index is 1.91. The maximum atomic E-state index is 14.4. The molecule has 44 heavy (non-hydrogen) atoms. The average Bonchev–Trinajstić information content (AvgIpc) is 3.32. The van der Waals surface area contributed by atoms with Crippen LogP contribution in [0.5, 0.6) is 11.5 Å². The first-order chi connectivity index (χ1) is 20.4. The van der Waals surface area contributed by atoms with Gasteiger partial charge < -0.3 is 33.9 Å². The highest BCUT2D eigenvalue weighted by molar-refractivity contribution is 5.97. The molecule has 0 fully saturated rings. The van der Waals surface area contributed by atoms with E-state index in [1.165, 1.54) is 20.1 Å². The number of aliphatic carboxylic acids is 2. The normalized spacial score (nSPS) is 24.9. The van der Waals surface area contributed by atoms with Gasteiger partial charge in [0.1, 0.15) is 34.3 Å². The smallest absolute Gasteiger partial charge is 0.340 e. The average molecular weight is 609 g/mol. The van der Waals surface area contributed by atoms with Crippen molar-refractivity contribution in [1.82, 2.24) is 0 Å². The fourth-order valence-electron chi connectivity index (χ4n) is 6.78. The highest BCUT2D eigenvalue weighted by atomic mass is 16.6. The number of carboxylic acid groups (broad SMARTS) is 2. The third-order valence-electron chi connectivity index (χ3n) is 9.46. The molecule has 0 spiro atoms. The van der Waals surface area contributed by atoms with E-state index in [1.807, 2.05) is 40.7 Å². The van der Waals surface area contributed by atoms with Gasteiger partial charge in [-0.1, -0.05) is 31.6 Å². The van der Waals surface area contributed by atoms with E-state index in [0.29, 0.717) is 28.9 Å². The lowest BCUT2D eigenvalue weighted by Gasteiger charge is -2.33. The molecule has 2 aromatic rings. The summed E-state index contributed by atoms with van der Waals surface area (Å²) in [5, 5.41) is 31.8. The SMILES string of the molecule is CO[C@@H]1Cc2c(oc3c(CC=C(C)C)c4c(c(O)c3c2=O)C(C)(C)[C@H](C)O4)C2=C1[C@](C/C=C(\C)C(=O)O)(C(=O)O)OC2(C)C. The van der Waals surface area contributed by atoms with Gasteiger partial charge in [0.05, 0.1) is 11.7 Å². The van der Waals surface area contributed by atoms with E-state index in [0.717, 1.165) is 5.57 Å². The molecule has 2 aliphatic heterocycles. The van der Waals surface area contributed by atoms with Crippen molar-refractivity contribution in [3.8, 4) is 11.5 Å². The van der Waals surface area contributed by atoms with Gasteiger partial charge in [-0.25, -0.2) is 9.59 Å². The second-order valence-electron chi connectivity index (χ2n) is 13.3. The van der Waals surface area contributed by atoms with Crippen LogP contribution in [0.1, 0.15) is 84.3 Å². The van der Waals surface area contributed by atoms with E-state index in [4.69, 9.17) is 18.6 Å². The first-order valence-electron chi connectivity index (χ1n) is 14.7. The molecule has 10 heteroatoms. The Labute approximate surface area is 255 Å². The van der Waals surface area contributed by atoms with Gasteiger partial charge >= 0.3 is 11.9 Å². The van der Waals surface area contributed by atoms with Crippen LogP contribution in [0.4, 0.5) is 0 Å². The van der Waals surface area contributed by atoms with Crippen LogP contribution in [0.2, 0.25) is 0 Å². The maximum absolute atomic E-state index is 14.4. The van der Waals surface area contributed by atoms with E-state index < -0.39 is 40.1 Å². The quantitative estimate of drug-likeness (QED) is 0.273.